The Morgan fingerprint density at radius 1 is 0.324 bits per heavy atom. The third-order valence-electron chi connectivity index (χ3n) is 13.8. The van der Waals surface area contributed by atoms with Gasteiger partial charge in [0, 0.05) is 49.3 Å². The number of aromatic nitrogens is 1. The first-order valence-electron chi connectivity index (χ1n) is 23.2. The van der Waals surface area contributed by atoms with E-state index in [1.54, 1.807) is 0 Å². The summed E-state index contributed by atoms with van der Waals surface area (Å²) < 4.78 is 16.0. The predicted molar refractivity (Wildman–Crippen MR) is 284 cm³/mol. The maximum absolute atomic E-state index is 7.12. The van der Waals surface area contributed by atoms with Gasteiger partial charge in [-0.05, 0) is 100 Å². The Bertz CT molecular complexity index is 4230. The van der Waals surface area contributed by atoms with Crippen LogP contribution >= 0.6 is 0 Å². The van der Waals surface area contributed by atoms with Crippen LogP contribution in [-0.2, 0) is 0 Å². The van der Waals surface area contributed by atoms with Crippen LogP contribution in [0.25, 0.3) is 116 Å². The van der Waals surface area contributed by atoms with E-state index in [9.17, 15) is 0 Å². The van der Waals surface area contributed by atoms with Gasteiger partial charge in [0.25, 0.3) is 0 Å². The maximum atomic E-state index is 7.12. The van der Waals surface area contributed by atoms with E-state index in [2.05, 4.69) is 246 Å². The number of furan rings is 2. The lowest BCUT2D eigenvalue weighted by Crippen LogP contribution is -2.12. The van der Waals surface area contributed by atoms with E-state index in [1.807, 2.05) is 6.07 Å². The quantitative estimate of drug-likeness (QED) is 0.160. The zero-order valence-corrected chi connectivity index (χ0v) is 36.8. The van der Waals surface area contributed by atoms with E-state index in [4.69, 9.17) is 8.83 Å². The van der Waals surface area contributed by atoms with Crippen molar-refractivity contribution in [1.29, 1.82) is 0 Å². The van der Waals surface area contributed by atoms with E-state index in [-0.39, 0.29) is 0 Å². The fourth-order valence-electron chi connectivity index (χ4n) is 10.8. The largest absolute Gasteiger partial charge is 0.456 e. The Hall–Kier alpha value is -9.12. The zero-order chi connectivity index (χ0) is 44.7. The average molecular weight is 869 g/mol. The highest BCUT2D eigenvalue weighted by atomic mass is 16.3. The minimum atomic E-state index is 0.829. The van der Waals surface area contributed by atoms with Crippen LogP contribution in [-0.4, -0.2) is 4.57 Å². The van der Waals surface area contributed by atoms with Crippen LogP contribution in [0.2, 0.25) is 0 Å². The Kier molecular flexibility index (Phi) is 8.55. The van der Waals surface area contributed by atoms with Gasteiger partial charge in [-0.3, -0.25) is 0 Å². The van der Waals surface area contributed by atoms with Gasteiger partial charge in [0.1, 0.15) is 22.3 Å². The third-order valence-corrected chi connectivity index (χ3v) is 13.8. The number of anilines is 3. The van der Waals surface area contributed by atoms with Gasteiger partial charge in [-0.15, -0.1) is 0 Å². The predicted octanol–water partition coefficient (Wildman–Crippen LogP) is 18.2. The molecule has 0 aliphatic heterocycles. The molecule has 0 bridgehead atoms. The molecule has 68 heavy (non-hydrogen) atoms. The Morgan fingerprint density at radius 3 is 1.68 bits per heavy atom. The second-order valence-corrected chi connectivity index (χ2v) is 17.6. The highest BCUT2D eigenvalue weighted by molar-refractivity contribution is 6.19. The fourth-order valence-corrected chi connectivity index (χ4v) is 10.8. The summed E-state index contributed by atoms with van der Waals surface area (Å²) in [6, 6.07) is 86.9. The summed E-state index contributed by atoms with van der Waals surface area (Å²) in [5.74, 6) is 0. The van der Waals surface area contributed by atoms with Crippen molar-refractivity contribution >= 4 is 93.5 Å². The molecule has 0 radical (unpaired) electrons. The number of hydrogen-bond acceptors (Lipinski definition) is 3. The molecule has 0 atom stereocenters. The van der Waals surface area contributed by atoms with Crippen LogP contribution in [0.4, 0.5) is 17.1 Å². The summed E-state index contributed by atoms with van der Waals surface area (Å²) in [5.41, 5.74) is 16.5. The molecule has 0 saturated heterocycles. The molecule has 0 N–H and O–H groups in total. The van der Waals surface area contributed by atoms with Gasteiger partial charge >= 0.3 is 0 Å². The maximum Gasteiger partial charge on any atom is 0.145 e. The molecule has 0 aliphatic rings. The first-order chi connectivity index (χ1) is 33.7. The topological polar surface area (TPSA) is 34.5 Å². The number of hydrogen-bond donors (Lipinski definition) is 0. The summed E-state index contributed by atoms with van der Waals surface area (Å²) in [5, 5.41) is 9.17. The number of rotatable bonds is 7. The summed E-state index contributed by atoms with van der Waals surface area (Å²) >= 11 is 0. The van der Waals surface area contributed by atoms with Crippen molar-refractivity contribution in [3.63, 3.8) is 0 Å². The normalized spacial score (nSPS) is 11.8. The zero-order valence-electron chi connectivity index (χ0n) is 36.8. The smallest absolute Gasteiger partial charge is 0.145 e. The molecular formula is C64H40N2O2. The SMILES string of the molecule is c1ccc(N(c2ccc(-c3ccc4ccccc4c3)cc2)c2ccc(-c3ccccc3-n3c4ccccc4c4ccccc43)c3oc4ccccc4c23)c(-c2cccc3oc4ccccc4c23)c1. The molecule has 0 unspecified atom stereocenters. The Morgan fingerprint density at radius 2 is 0.897 bits per heavy atom. The van der Waals surface area contributed by atoms with Gasteiger partial charge in [0.15, 0.2) is 0 Å². The Labute approximate surface area is 391 Å². The molecule has 0 amide bonds. The third kappa shape index (κ3) is 5.87. The van der Waals surface area contributed by atoms with Crippen molar-refractivity contribution in [3.05, 3.63) is 243 Å². The molecule has 318 valence electrons. The van der Waals surface area contributed by atoms with Gasteiger partial charge in [-0.1, -0.05) is 170 Å². The second kappa shape index (κ2) is 15.2. The molecule has 4 nitrogen and oxygen atoms in total. The van der Waals surface area contributed by atoms with Crippen molar-refractivity contribution < 1.29 is 8.83 Å². The average Bonchev–Trinajstić information content (AvgIpc) is 4.09. The van der Waals surface area contributed by atoms with Crippen LogP contribution in [0.1, 0.15) is 0 Å². The summed E-state index contributed by atoms with van der Waals surface area (Å²) in [6.07, 6.45) is 0. The van der Waals surface area contributed by atoms with Gasteiger partial charge < -0.3 is 18.3 Å². The van der Waals surface area contributed by atoms with Crippen LogP contribution in [0.15, 0.2) is 251 Å². The molecule has 0 saturated carbocycles. The fraction of sp³-hybridized carbons (Fsp3) is 0. The minimum Gasteiger partial charge on any atom is -0.456 e. The lowest BCUT2D eigenvalue weighted by atomic mass is 9.95. The molecule has 4 heteroatoms. The molecule has 0 aliphatic carbocycles. The van der Waals surface area contributed by atoms with E-state index in [0.29, 0.717) is 0 Å². The van der Waals surface area contributed by atoms with Gasteiger partial charge in [-0.25, -0.2) is 0 Å². The highest BCUT2D eigenvalue weighted by Gasteiger charge is 2.26. The number of benzene rings is 11. The van der Waals surface area contributed by atoms with E-state index in [1.165, 1.54) is 27.1 Å². The summed E-state index contributed by atoms with van der Waals surface area (Å²) in [6.45, 7) is 0. The second-order valence-electron chi connectivity index (χ2n) is 17.6. The molecule has 0 spiro atoms. The van der Waals surface area contributed by atoms with Crippen LogP contribution in [0, 0.1) is 0 Å². The molecule has 14 aromatic rings. The van der Waals surface area contributed by atoms with Crippen LogP contribution < -0.4 is 4.90 Å². The molecule has 3 aromatic heterocycles. The van der Waals surface area contributed by atoms with Crippen molar-refractivity contribution in [1.82, 2.24) is 4.57 Å². The van der Waals surface area contributed by atoms with Gasteiger partial charge in [0.05, 0.1) is 33.5 Å². The van der Waals surface area contributed by atoms with E-state index in [0.717, 1.165) is 105 Å². The lowest BCUT2D eigenvalue weighted by Gasteiger charge is -2.29. The molecular weight excluding hydrogens is 829 g/mol. The van der Waals surface area contributed by atoms with E-state index < -0.39 is 0 Å². The number of para-hydroxylation sites is 6. The van der Waals surface area contributed by atoms with Crippen molar-refractivity contribution in [2.45, 2.75) is 0 Å². The number of nitrogens with zero attached hydrogens (tertiary/aromatic N) is 2. The minimum absolute atomic E-state index is 0.829. The van der Waals surface area contributed by atoms with E-state index >= 15 is 0 Å². The Balaban J connectivity index is 1.03. The summed E-state index contributed by atoms with van der Waals surface area (Å²) in [7, 11) is 0. The molecule has 14 rings (SSSR count). The molecule has 11 aromatic carbocycles. The van der Waals surface area contributed by atoms with Crippen LogP contribution in [0.5, 0.6) is 0 Å². The van der Waals surface area contributed by atoms with Crippen molar-refractivity contribution in [2.24, 2.45) is 0 Å². The van der Waals surface area contributed by atoms with Gasteiger partial charge in [-0.2, -0.15) is 0 Å². The van der Waals surface area contributed by atoms with Crippen LogP contribution in [0.3, 0.4) is 0 Å². The molecule has 0 fully saturated rings. The number of fused-ring (bicyclic) bond motifs is 10. The van der Waals surface area contributed by atoms with Crippen molar-refractivity contribution in [2.75, 3.05) is 4.90 Å². The summed E-state index contributed by atoms with van der Waals surface area (Å²) in [4.78, 5) is 2.42. The molecule has 3 heterocycles. The van der Waals surface area contributed by atoms with Gasteiger partial charge in [0.2, 0.25) is 0 Å². The highest BCUT2D eigenvalue weighted by Crippen LogP contribution is 2.50. The first kappa shape index (κ1) is 38.2. The first-order valence-corrected chi connectivity index (χ1v) is 23.2. The standard InChI is InChI=1S/C64H40N2O2/c1-2-17-43-40-44(33-32-41(43)16-1)42-34-36-45(37-35-42)65(54-25-9-5-20-48(54)50-24-15-31-61-62(50)52-22-7-13-29-59(52)67-61)58-39-38-51(64-63(58)53-23-8-14-30-60(53)68-64)49-21-6-12-28-57(49)66-55-26-10-3-18-46(55)47-19-4-11-27-56(47)66/h1-40H. The van der Waals surface area contributed by atoms with Crippen molar-refractivity contribution in [3.8, 4) is 39.1 Å². The monoisotopic (exact) mass is 868 g/mol. The lowest BCUT2D eigenvalue weighted by molar-refractivity contribution is 0.669.